The number of nitrogens with zero attached hydrogens (tertiary/aromatic N) is 3. The molecule has 0 aliphatic rings. The first-order valence-corrected chi connectivity index (χ1v) is 8.55. The lowest BCUT2D eigenvalue weighted by Gasteiger charge is -2.17. The van der Waals surface area contributed by atoms with Crippen LogP contribution in [0.5, 0.6) is 5.75 Å². The van der Waals surface area contributed by atoms with E-state index in [0.29, 0.717) is 23.4 Å². The van der Waals surface area contributed by atoms with E-state index in [2.05, 4.69) is 11.2 Å². The molecule has 0 fully saturated rings. The van der Waals surface area contributed by atoms with Crippen molar-refractivity contribution in [2.45, 2.75) is 26.4 Å². The van der Waals surface area contributed by atoms with Crippen molar-refractivity contribution in [1.82, 2.24) is 9.78 Å². The van der Waals surface area contributed by atoms with Crippen LogP contribution < -0.4 is 4.74 Å². The third-order valence-electron chi connectivity index (χ3n) is 4.23. The molecular weight excluding hydrogens is 326 g/mol. The molecule has 0 spiro atoms. The van der Waals surface area contributed by atoms with Crippen LogP contribution in [-0.2, 0) is 6.42 Å². The predicted molar refractivity (Wildman–Crippen MR) is 99.3 cm³/mol. The Kier molecular flexibility index (Phi) is 5.35. The first-order valence-electron chi connectivity index (χ1n) is 8.55. The molecule has 5 heteroatoms. The largest absolute Gasteiger partial charge is 0.484 e. The number of hydrogen-bond acceptors (Lipinski definition) is 4. The lowest BCUT2D eigenvalue weighted by atomic mass is 10.1. The van der Waals surface area contributed by atoms with Gasteiger partial charge in [0.05, 0.1) is 11.4 Å². The minimum Gasteiger partial charge on any atom is -0.484 e. The number of rotatable bonds is 6. The smallest absolute Gasteiger partial charge is 0.139 e. The molecule has 0 amide bonds. The van der Waals surface area contributed by atoms with Crippen LogP contribution in [0.15, 0.2) is 54.6 Å². The van der Waals surface area contributed by atoms with E-state index in [1.54, 1.807) is 4.68 Å². The molecule has 0 saturated carbocycles. The quantitative estimate of drug-likeness (QED) is 0.737. The van der Waals surface area contributed by atoms with Gasteiger partial charge in [0.15, 0.2) is 0 Å². The molecule has 0 aliphatic heterocycles. The zero-order chi connectivity index (χ0) is 18.5. The number of aromatic nitrogens is 2. The Balaban J connectivity index is 1.93. The summed E-state index contributed by atoms with van der Waals surface area (Å²) in [7, 11) is 0. The maximum Gasteiger partial charge on any atom is 0.139 e. The van der Waals surface area contributed by atoms with Crippen molar-refractivity contribution in [3.8, 4) is 17.5 Å². The summed E-state index contributed by atoms with van der Waals surface area (Å²) in [5.41, 5.74) is 3.89. The predicted octanol–water partition coefficient (Wildman–Crippen LogP) is 3.73. The van der Waals surface area contributed by atoms with Gasteiger partial charge in [0, 0.05) is 6.61 Å². The van der Waals surface area contributed by atoms with Gasteiger partial charge in [-0.15, -0.1) is 0 Å². The Morgan fingerprint density at radius 2 is 1.85 bits per heavy atom. The molecule has 0 radical (unpaired) electrons. The third-order valence-corrected chi connectivity index (χ3v) is 4.23. The highest BCUT2D eigenvalue weighted by Crippen LogP contribution is 2.28. The second-order valence-electron chi connectivity index (χ2n) is 6.08. The molecule has 1 aromatic heterocycles. The molecule has 3 aromatic rings. The van der Waals surface area contributed by atoms with Crippen LogP contribution in [0.1, 0.15) is 35.5 Å². The molecule has 0 bridgehead atoms. The van der Waals surface area contributed by atoms with Gasteiger partial charge in [0.1, 0.15) is 29.2 Å². The van der Waals surface area contributed by atoms with E-state index < -0.39 is 0 Å². The fourth-order valence-corrected chi connectivity index (χ4v) is 2.95. The van der Waals surface area contributed by atoms with Crippen LogP contribution in [0.3, 0.4) is 0 Å². The van der Waals surface area contributed by atoms with Gasteiger partial charge >= 0.3 is 0 Å². The molecule has 26 heavy (non-hydrogen) atoms. The second kappa shape index (κ2) is 7.85. The van der Waals surface area contributed by atoms with Crippen molar-refractivity contribution < 1.29 is 9.84 Å². The molecule has 0 aliphatic carbocycles. The highest BCUT2D eigenvalue weighted by atomic mass is 16.5. The highest BCUT2D eigenvalue weighted by Gasteiger charge is 2.23. The monoisotopic (exact) mass is 347 g/mol. The normalized spacial score (nSPS) is 11.8. The van der Waals surface area contributed by atoms with Gasteiger partial charge in [-0.1, -0.05) is 30.3 Å². The van der Waals surface area contributed by atoms with Crippen molar-refractivity contribution in [2.24, 2.45) is 0 Å². The summed E-state index contributed by atoms with van der Waals surface area (Å²) < 4.78 is 7.85. The summed E-state index contributed by atoms with van der Waals surface area (Å²) in [5.74, 6) is 0.710. The van der Waals surface area contributed by atoms with E-state index in [9.17, 15) is 5.26 Å². The first kappa shape index (κ1) is 17.7. The zero-order valence-corrected chi connectivity index (χ0v) is 14.9. The molecule has 2 aromatic carbocycles. The first-order chi connectivity index (χ1) is 12.6. The molecular formula is C21H21N3O2. The van der Waals surface area contributed by atoms with E-state index >= 15 is 0 Å². The van der Waals surface area contributed by atoms with Crippen molar-refractivity contribution in [3.05, 3.63) is 77.1 Å². The zero-order valence-electron chi connectivity index (χ0n) is 14.9. The fourth-order valence-electron chi connectivity index (χ4n) is 2.95. The molecule has 1 heterocycles. The SMILES string of the molecule is Cc1nn(-c2ccccc2)c(C(C)Oc2ccc(CCO)cc2)c1C#N. The number of aliphatic hydroxyl groups excluding tert-OH is 1. The van der Waals surface area contributed by atoms with Crippen LogP contribution >= 0.6 is 0 Å². The molecule has 1 unspecified atom stereocenters. The summed E-state index contributed by atoms with van der Waals surface area (Å²) in [6.07, 6.45) is 0.267. The summed E-state index contributed by atoms with van der Waals surface area (Å²) in [6, 6.07) is 19.6. The van der Waals surface area contributed by atoms with Gasteiger partial charge in [0.25, 0.3) is 0 Å². The van der Waals surface area contributed by atoms with Crippen LogP contribution in [0.25, 0.3) is 5.69 Å². The number of aliphatic hydroxyl groups is 1. The van der Waals surface area contributed by atoms with E-state index in [0.717, 1.165) is 16.9 Å². The maximum absolute atomic E-state index is 9.59. The molecule has 132 valence electrons. The number of hydrogen-bond donors (Lipinski definition) is 1. The topological polar surface area (TPSA) is 71.1 Å². The van der Waals surface area contributed by atoms with E-state index in [4.69, 9.17) is 9.84 Å². The number of benzene rings is 2. The molecule has 5 nitrogen and oxygen atoms in total. The summed E-state index contributed by atoms with van der Waals surface area (Å²) in [4.78, 5) is 0. The number of para-hydroxylation sites is 1. The Hall–Kier alpha value is -3.10. The number of aryl methyl sites for hydroxylation is 1. The summed E-state index contributed by atoms with van der Waals surface area (Å²) in [6.45, 7) is 3.87. The summed E-state index contributed by atoms with van der Waals surface area (Å²) >= 11 is 0. The van der Waals surface area contributed by atoms with E-state index in [-0.39, 0.29) is 12.7 Å². The minimum absolute atomic E-state index is 0.123. The van der Waals surface area contributed by atoms with Crippen molar-refractivity contribution in [3.63, 3.8) is 0 Å². The van der Waals surface area contributed by atoms with Gasteiger partial charge in [-0.05, 0) is 50.1 Å². The molecule has 1 atom stereocenters. The Bertz CT molecular complexity index is 909. The van der Waals surface area contributed by atoms with Crippen molar-refractivity contribution in [2.75, 3.05) is 6.61 Å². The Labute approximate surface area is 153 Å². The molecule has 1 N–H and O–H groups in total. The number of ether oxygens (including phenoxy) is 1. The maximum atomic E-state index is 9.59. The van der Waals surface area contributed by atoms with E-state index in [1.165, 1.54) is 0 Å². The lowest BCUT2D eigenvalue weighted by molar-refractivity contribution is 0.218. The third kappa shape index (κ3) is 3.61. The standard InChI is InChI=1S/C21H21N3O2/c1-15-20(14-22)21(24(23-15)18-6-4-3-5-7-18)16(2)26-19-10-8-17(9-11-19)12-13-25/h3-11,16,25H,12-13H2,1-2H3. The van der Waals surface area contributed by atoms with Crippen molar-refractivity contribution >= 4 is 0 Å². The fraction of sp³-hybridized carbons (Fsp3) is 0.238. The van der Waals surface area contributed by atoms with Gasteiger partial charge < -0.3 is 9.84 Å². The highest BCUT2D eigenvalue weighted by molar-refractivity contribution is 5.44. The van der Waals surface area contributed by atoms with Crippen LogP contribution in [0, 0.1) is 18.3 Å². The second-order valence-corrected chi connectivity index (χ2v) is 6.08. The summed E-state index contributed by atoms with van der Waals surface area (Å²) in [5, 5.41) is 23.1. The Morgan fingerprint density at radius 1 is 1.15 bits per heavy atom. The van der Waals surface area contributed by atoms with Gasteiger partial charge in [-0.2, -0.15) is 10.4 Å². The van der Waals surface area contributed by atoms with Gasteiger partial charge in [-0.3, -0.25) is 0 Å². The van der Waals surface area contributed by atoms with E-state index in [1.807, 2.05) is 68.4 Å². The number of nitriles is 1. The van der Waals surface area contributed by atoms with Crippen molar-refractivity contribution in [1.29, 1.82) is 5.26 Å². The van der Waals surface area contributed by atoms with Gasteiger partial charge in [-0.25, -0.2) is 4.68 Å². The lowest BCUT2D eigenvalue weighted by Crippen LogP contribution is -2.12. The van der Waals surface area contributed by atoms with Crippen LogP contribution in [0.4, 0.5) is 0 Å². The van der Waals surface area contributed by atoms with Crippen LogP contribution in [0.2, 0.25) is 0 Å². The van der Waals surface area contributed by atoms with Gasteiger partial charge in [0.2, 0.25) is 0 Å². The van der Waals surface area contributed by atoms with Crippen LogP contribution in [-0.4, -0.2) is 21.5 Å². The molecule has 0 saturated heterocycles. The average Bonchev–Trinajstić information content (AvgIpc) is 3.00. The molecule has 3 rings (SSSR count). The average molecular weight is 347 g/mol. The minimum atomic E-state index is -0.352. The Morgan fingerprint density at radius 3 is 2.46 bits per heavy atom.